The lowest BCUT2D eigenvalue weighted by molar-refractivity contribution is -0.133. The molecule has 2 amide bonds. The summed E-state index contributed by atoms with van der Waals surface area (Å²) < 4.78 is 0. The Kier molecular flexibility index (Phi) is 6.16. The van der Waals surface area contributed by atoms with E-state index < -0.39 is 0 Å². The molecule has 4 heterocycles. The first-order valence-electron chi connectivity index (χ1n) is 12.2. The van der Waals surface area contributed by atoms with Gasteiger partial charge in [0, 0.05) is 79.5 Å². The van der Waals surface area contributed by atoms with Crippen molar-refractivity contribution in [2.45, 2.75) is 51.4 Å². The number of piperidine rings is 1. The highest BCUT2D eigenvalue weighted by molar-refractivity contribution is 5.99. The number of fused-ring (bicyclic) bond motifs is 1. The highest BCUT2D eigenvalue weighted by atomic mass is 16.2. The SMILES string of the molecule is Cc1cccc2c(-c3ccncc3)c([C@H]3CCCN(C(=O)CCCN4CCCC4=O)C3)[nH]c12. The van der Waals surface area contributed by atoms with Crippen molar-refractivity contribution >= 4 is 22.7 Å². The van der Waals surface area contributed by atoms with E-state index in [1.807, 2.05) is 22.2 Å². The number of carbonyl (C=O) groups excluding carboxylic acids is 2. The van der Waals surface area contributed by atoms with Gasteiger partial charge in [-0.15, -0.1) is 0 Å². The normalized spacial score (nSPS) is 18.9. The van der Waals surface area contributed by atoms with E-state index in [-0.39, 0.29) is 17.7 Å². The number of rotatable bonds is 6. The Hall–Kier alpha value is -3.15. The van der Waals surface area contributed by atoms with Crippen molar-refractivity contribution in [3.63, 3.8) is 0 Å². The molecule has 33 heavy (non-hydrogen) atoms. The first-order chi connectivity index (χ1) is 16.1. The van der Waals surface area contributed by atoms with Gasteiger partial charge in [-0.2, -0.15) is 0 Å². The molecule has 0 spiro atoms. The standard InChI is InChI=1S/C27H32N4O2/c1-19-6-2-8-22-25(20-11-13-28-14-12-20)27(29-26(19)22)21-7-3-17-31(18-21)24(33)10-5-16-30-15-4-9-23(30)32/h2,6,8,11-14,21,29H,3-5,7,9-10,15-18H2,1H3/t21-/m0/s1. The number of benzene rings is 1. The molecular formula is C27H32N4O2. The van der Waals surface area contributed by atoms with E-state index in [1.165, 1.54) is 27.7 Å². The molecule has 0 saturated carbocycles. The molecule has 1 N–H and O–H groups in total. The Labute approximate surface area is 195 Å². The summed E-state index contributed by atoms with van der Waals surface area (Å²) in [7, 11) is 0. The number of hydrogen-bond acceptors (Lipinski definition) is 3. The summed E-state index contributed by atoms with van der Waals surface area (Å²) in [5.41, 5.74) is 6.04. The monoisotopic (exact) mass is 444 g/mol. The number of pyridine rings is 1. The average Bonchev–Trinajstić information content (AvgIpc) is 3.44. The lowest BCUT2D eigenvalue weighted by Crippen LogP contribution is -2.39. The number of para-hydroxylation sites is 1. The van der Waals surface area contributed by atoms with Gasteiger partial charge in [-0.05, 0) is 55.9 Å². The number of H-pyrrole nitrogens is 1. The second-order valence-electron chi connectivity index (χ2n) is 9.41. The molecule has 2 aliphatic heterocycles. The molecule has 2 fully saturated rings. The van der Waals surface area contributed by atoms with Crippen molar-refractivity contribution in [1.82, 2.24) is 19.8 Å². The molecule has 6 heteroatoms. The fraction of sp³-hybridized carbons (Fsp3) is 0.444. The molecular weight excluding hydrogens is 412 g/mol. The van der Waals surface area contributed by atoms with Crippen molar-refractivity contribution < 1.29 is 9.59 Å². The zero-order chi connectivity index (χ0) is 22.8. The van der Waals surface area contributed by atoms with Gasteiger partial charge in [-0.25, -0.2) is 0 Å². The van der Waals surface area contributed by atoms with E-state index in [4.69, 9.17) is 0 Å². The highest BCUT2D eigenvalue weighted by Gasteiger charge is 2.29. The fourth-order valence-electron chi connectivity index (χ4n) is 5.48. The third kappa shape index (κ3) is 4.39. The topological polar surface area (TPSA) is 69.3 Å². The number of aromatic amines is 1. The van der Waals surface area contributed by atoms with Crippen LogP contribution in [0.4, 0.5) is 0 Å². The number of nitrogens with zero attached hydrogens (tertiary/aromatic N) is 3. The van der Waals surface area contributed by atoms with Crippen LogP contribution in [0.3, 0.4) is 0 Å². The fourth-order valence-corrected chi connectivity index (χ4v) is 5.48. The maximum Gasteiger partial charge on any atom is 0.222 e. The summed E-state index contributed by atoms with van der Waals surface area (Å²) in [5, 5.41) is 1.23. The summed E-state index contributed by atoms with van der Waals surface area (Å²) in [6.07, 6.45) is 8.63. The van der Waals surface area contributed by atoms with Gasteiger partial charge in [-0.3, -0.25) is 14.6 Å². The van der Waals surface area contributed by atoms with Crippen LogP contribution in [0.15, 0.2) is 42.7 Å². The first-order valence-corrected chi connectivity index (χ1v) is 12.2. The zero-order valence-corrected chi connectivity index (χ0v) is 19.3. The molecule has 2 aromatic heterocycles. The van der Waals surface area contributed by atoms with Gasteiger partial charge in [0.15, 0.2) is 0 Å². The molecule has 1 aromatic carbocycles. The van der Waals surface area contributed by atoms with Crippen LogP contribution in [-0.2, 0) is 9.59 Å². The van der Waals surface area contributed by atoms with Crippen molar-refractivity contribution in [2.24, 2.45) is 0 Å². The molecule has 0 radical (unpaired) electrons. The van der Waals surface area contributed by atoms with Gasteiger partial charge >= 0.3 is 0 Å². The highest BCUT2D eigenvalue weighted by Crippen LogP contribution is 2.40. The molecule has 1 atom stereocenters. The number of aromatic nitrogens is 2. The maximum atomic E-state index is 13.0. The van der Waals surface area contributed by atoms with Gasteiger partial charge in [0.05, 0.1) is 0 Å². The predicted molar refractivity (Wildman–Crippen MR) is 130 cm³/mol. The maximum absolute atomic E-state index is 13.0. The second kappa shape index (κ2) is 9.38. The smallest absolute Gasteiger partial charge is 0.222 e. The van der Waals surface area contributed by atoms with Crippen LogP contribution in [0.2, 0.25) is 0 Å². The first kappa shape index (κ1) is 21.7. The predicted octanol–water partition coefficient (Wildman–Crippen LogP) is 4.65. The Bertz CT molecular complexity index is 1150. The van der Waals surface area contributed by atoms with Crippen LogP contribution in [0.1, 0.15) is 55.7 Å². The third-order valence-corrected chi connectivity index (χ3v) is 7.21. The average molecular weight is 445 g/mol. The minimum absolute atomic E-state index is 0.212. The van der Waals surface area contributed by atoms with Crippen molar-refractivity contribution in [1.29, 1.82) is 0 Å². The number of amides is 2. The minimum Gasteiger partial charge on any atom is -0.357 e. The van der Waals surface area contributed by atoms with Crippen LogP contribution >= 0.6 is 0 Å². The lowest BCUT2D eigenvalue weighted by Gasteiger charge is -2.33. The van der Waals surface area contributed by atoms with E-state index in [0.717, 1.165) is 50.9 Å². The van der Waals surface area contributed by atoms with E-state index >= 15 is 0 Å². The van der Waals surface area contributed by atoms with Crippen molar-refractivity contribution in [2.75, 3.05) is 26.2 Å². The van der Waals surface area contributed by atoms with Gasteiger partial charge in [-0.1, -0.05) is 18.2 Å². The van der Waals surface area contributed by atoms with Gasteiger partial charge < -0.3 is 14.8 Å². The number of hydrogen-bond donors (Lipinski definition) is 1. The minimum atomic E-state index is 0.212. The van der Waals surface area contributed by atoms with Crippen molar-refractivity contribution in [3.05, 3.63) is 54.0 Å². The van der Waals surface area contributed by atoms with Crippen LogP contribution in [0.5, 0.6) is 0 Å². The van der Waals surface area contributed by atoms with Crippen LogP contribution in [-0.4, -0.2) is 57.8 Å². The Balaban J connectivity index is 1.35. The molecule has 3 aromatic rings. The van der Waals surface area contributed by atoms with Gasteiger partial charge in [0.2, 0.25) is 11.8 Å². The molecule has 0 aliphatic carbocycles. The quantitative estimate of drug-likeness (QED) is 0.602. The van der Waals surface area contributed by atoms with E-state index in [1.54, 1.807) is 0 Å². The number of aryl methyl sites for hydroxylation is 1. The summed E-state index contributed by atoms with van der Waals surface area (Å²) in [4.78, 5) is 36.7. The zero-order valence-electron chi connectivity index (χ0n) is 19.3. The Morgan fingerprint density at radius 2 is 2.00 bits per heavy atom. The molecule has 6 nitrogen and oxygen atoms in total. The summed E-state index contributed by atoms with van der Waals surface area (Å²) in [5.74, 6) is 0.722. The number of likely N-dealkylation sites (tertiary alicyclic amines) is 2. The lowest BCUT2D eigenvalue weighted by atomic mass is 9.89. The molecule has 0 bridgehead atoms. The van der Waals surface area contributed by atoms with Gasteiger partial charge in [0.1, 0.15) is 0 Å². The molecule has 2 saturated heterocycles. The van der Waals surface area contributed by atoms with Crippen molar-refractivity contribution in [3.8, 4) is 11.1 Å². The van der Waals surface area contributed by atoms with E-state index in [0.29, 0.717) is 19.4 Å². The third-order valence-electron chi connectivity index (χ3n) is 7.21. The van der Waals surface area contributed by atoms with Crippen LogP contribution < -0.4 is 0 Å². The van der Waals surface area contributed by atoms with Crippen LogP contribution in [0, 0.1) is 6.92 Å². The Morgan fingerprint density at radius 3 is 2.79 bits per heavy atom. The Morgan fingerprint density at radius 1 is 1.15 bits per heavy atom. The van der Waals surface area contributed by atoms with Crippen LogP contribution in [0.25, 0.3) is 22.0 Å². The van der Waals surface area contributed by atoms with E-state index in [9.17, 15) is 9.59 Å². The second-order valence-corrected chi connectivity index (χ2v) is 9.41. The van der Waals surface area contributed by atoms with E-state index in [2.05, 4.69) is 47.2 Å². The summed E-state index contributed by atoms with van der Waals surface area (Å²) in [6.45, 7) is 5.25. The molecule has 2 aliphatic rings. The summed E-state index contributed by atoms with van der Waals surface area (Å²) >= 11 is 0. The number of carbonyl (C=O) groups is 2. The summed E-state index contributed by atoms with van der Waals surface area (Å²) in [6, 6.07) is 10.6. The molecule has 5 rings (SSSR count). The largest absolute Gasteiger partial charge is 0.357 e. The molecule has 0 unspecified atom stereocenters. The molecule has 172 valence electrons. The number of nitrogens with one attached hydrogen (secondary N) is 1. The van der Waals surface area contributed by atoms with Gasteiger partial charge in [0.25, 0.3) is 0 Å².